The smallest absolute Gasteiger partial charge is 0.272 e. The molecule has 0 fully saturated rings. The molecule has 5 heteroatoms. The molecule has 0 aliphatic heterocycles. The first-order valence-corrected chi connectivity index (χ1v) is 7.65. The van der Waals surface area contributed by atoms with Gasteiger partial charge in [0.15, 0.2) is 0 Å². The summed E-state index contributed by atoms with van der Waals surface area (Å²) in [6.45, 7) is 3.89. The standard InChI is InChI=1S/C19H18N4O/c1-13-8-10-15(11-9-13)12-20-23-19(24)18-14(2)17(21-22-18)16-6-4-3-5-7-16/h3-12H,1-2H3,(H,21,22)(H,23,24). The third kappa shape index (κ3) is 3.41. The molecule has 1 aromatic heterocycles. The van der Waals surface area contributed by atoms with Gasteiger partial charge in [-0.3, -0.25) is 9.89 Å². The van der Waals surface area contributed by atoms with Crippen LogP contribution in [-0.2, 0) is 0 Å². The highest BCUT2D eigenvalue weighted by molar-refractivity contribution is 5.95. The molecule has 24 heavy (non-hydrogen) atoms. The molecule has 0 aliphatic carbocycles. The molecule has 3 aromatic rings. The predicted molar refractivity (Wildman–Crippen MR) is 95.0 cm³/mol. The minimum absolute atomic E-state index is 0.314. The Kier molecular flexibility index (Phi) is 4.52. The minimum Gasteiger partial charge on any atom is -0.272 e. The lowest BCUT2D eigenvalue weighted by molar-refractivity contribution is 0.0949. The van der Waals surface area contributed by atoms with Gasteiger partial charge in [0.25, 0.3) is 5.91 Å². The molecule has 3 rings (SSSR count). The van der Waals surface area contributed by atoms with Gasteiger partial charge in [-0.25, -0.2) is 5.43 Å². The van der Waals surface area contributed by atoms with E-state index in [9.17, 15) is 4.79 Å². The second-order valence-electron chi connectivity index (χ2n) is 5.55. The van der Waals surface area contributed by atoms with Crippen LogP contribution in [0.2, 0.25) is 0 Å². The number of nitrogens with one attached hydrogen (secondary N) is 2. The lowest BCUT2D eigenvalue weighted by Crippen LogP contribution is -2.19. The highest BCUT2D eigenvalue weighted by atomic mass is 16.2. The number of carbonyl (C=O) groups is 1. The SMILES string of the molecule is Cc1ccc(C=NNC(=O)c2[nH]nc(-c3ccccc3)c2C)cc1. The van der Waals surface area contributed by atoms with Crippen LogP contribution < -0.4 is 5.43 Å². The van der Waals surface area contributed by atoms with Crippen molar-refractivity contribution in [1.82, 2.24) is 15.6 Å². The minimum atomic E-state index is -0.314. The first kappa shape index (κ1) is 15.7. The quantitative estimate of drug-likeness (QED) is 0.571. The maximum absolute atomic E-state index is 12.3. The second-order valence-corrected chi connectivity index (χ2v) is 5.55. The summed E-state index contributed by atoms with van der Waals surface area (Å²) < 4.78 is 0. The van der Waals surface area contributed by atoms with Gasteiger partial charge in [0.1, 0.15) is 5.69 Å². The van der Waals surface area contributed by atoms with Crippen molar-refractivity contribution in [3.63, 3.8) is 0 Å². The Hall–Kier alpha value is -3.21. The summed E-state index contributed by atoms with van der Waals surface area (Å²) in [5.74, 6) is -0.314. The largest absolute Gasteiger partial charge is 0.289 e. The highest BCUT2D eigenvalue weighted by Crippen LogP contribution is 2.22. The molecule has 0 spiro atoms. The van der Waals surface area contributed by atoms with E-state index in [1.54, 1.807) is 6.21 Å². The van der Waals surface area contributed by atoms with Crippen LogP contribution in [-0.4, -0.2) is 22.3 Å². The normalized spacial score (nSPS) is 10.9. The summed E-state index contributed by atoms with van der Waals surface area (Å²) >= 11 is 0. The van der Waals surface area contributed by atoms with Crippen LogP contribution in [0, 0.1) is 13.8 Å². The van der Waals surface area contributed by atoms with Crippen LogP contribution in [0.5, 0.6) is 0 Å². The predicted octanol–water partition coefficient (Wildman–Crippen LogP) is 3.46. The van der Waals surface area contributed by atoms with Gasteiger partial charge in [0, 0.05) is 11.1 Å². The Bertz CT molecular complexity index is 864. The van der Waals surface area contributed by atoms with Crippen LogP contribution in [0.3, 0.4) is 0 Å². The van der Waals surface area contributed by atoms with E-state index >= 15 is 0 Å². The third-order valence-electron chi connectivity index (χ3n) is 3.74. The van der Waals surface area contributed by atoms with Gasteiger partial charge in [-0.05, 0) is 19.4 Å². The number of rotatable bonds is 4. The Balaban J connectivity index is 1.72. The number of H-pyrrole nitrogens is 1. The van der Waals surface area contributed by atoms with Crippen molar-refractivity contribution < 1.29 is 4.79 Å². The molecule has 0 radical (unpaired) electrons. The van der Waals surface area contributed by atoms with Crippen LogP contribution >= 0.6 is 0 Å². The molecule has 0 saturated heterocycles. The number of nitrogens with zero attached hydrogens (tertiary/aromatic N) is 2. The molecule has 0 saturated carbocycles. The number of carbonyl (C=O) groups excluding carboxylic acids is 1. The number of amides is 1. The number of aryl methyl sites for hydroxylation is 1. The number of hydrazone groups is 1. The fourth-order valence-corrected chi connectivity index (χ4v) is 2.37. The summed E-state index contributed by atoms with van der Waals surface area (Å²) in [6, 6.07) is 17.6. The molecule has 2 N–H and O–H groups in total. The van der Waals surface area contributed by atoms with Gasteiger partial charge in [-0.2, -0.15) is 10.2 Å². The topological polar surface area (TPSA) is 70.1 Å². The molecule has 2 aromatic carbocycles. The van der Waals surface area contributed by atoms with Gasteiger partial charge in [-0.1, -0.05) is 60.2 Å². The summed E-state index contributed by atoms with van der Waals surface area (Å²) in [6.07, 6.45) is 1.61. The number of hydrogen-bond donors (Lipinski definition) is 2. The molecule has 120 valence electrons. The Morgan fingerprint density at radius 2 is 1.79 bits per heavy atom. The molecular weight excluding hydrogens is 300 g/mol. The Morgan fingerprint density at radius 1 is 1.08 bits per heavy atom. The van der Waals surface area contributed by atoms with Gasteiger partial charge in [0.2, 0.25) is 0 Å². The van der Waals surface area contributed by atoms with Crippen LogP contribution in [0.1, 0.15) is 27.2 Å². The molecule has 1 amide bonds. The molecular formula is C19H18N4O. The summed E-state index contributed by atoms with van der Waals surface area (Å²) in [5, 5.41) is 11.0. The molecule has 0 unspecified atom stereocenters. The summed E-state index contributed by atoms with van der Waals surface area (Å²) in [7, 11) is 0. The van der Waals surface area contributed by atoms with E-state index in [2.05, 4.69) is 20.7 Å². The van der Waals surface area contributed by atoms with E-state index in [4.69, 9.17) is 0 Å². The average molecular weight is 318 g/mol. The lowest BCUT2D eigenvalue weighted by atomic mass is 10.1. The summed E-state index contributed by atoms with van der Waals surface area (Å²) in [5.41, 5.74) is 7.57. The van der Waals surface area contributed by atoms with Crippen molar-refractivity contribution in [1.29, 1.82) is 0 Å². The third-order valence-corrected chi connectivity index (χ3v) is 3.74. The lowest BCUT2D eigenvalue weighted by Gasteiger charge is -2.00. The highest BCUT2D eigenvalue weighted by Gasteiger charge is 2.16. The molecule has 5 nitrogen and oxygen atoms in total. The average Bonchev–Trinajstić information content (AvgIpc) is 2.99. The van der Waals surface area contributed by atoms with E-state index in [0.717, 1.165) is 22.4 Å². The van der Waals surface area contributed by atoms with Crippen molar-refractivity contribution >= 4 is 12.1 Å². The molecule has 0 bridgehead atoms. The maximum Gasteiger partial charge on any atom is 0.289 e. The fourth-order valence-electron chi connectivity index (χ4n) is 2.37. The van der Waals surface area contributed by atoms with Crippen molar-refractivity contribution in [2.75, 3.05) is 0 Å². The number of hydrogen-bond acceptors (Lipinski definition) is 3. The number of benzene rings is 2. The zero-order valence-corrected chi connectivity index (χ0v) is 13.6. The molecule has 0 atom stereocenters. The Labute approximate surface area is 140 Å². The van der Waals surface area contributed by atoms with E-state index in [-0.39, 0.29) is 5.91 Å². The second kappa shape index (κ2) is 6.91. The number of aromatic amines is 1. The van der Waals surface area contributed by atoms with Crippen molar-refractivity contribution in [2.24, 2.45) is 5.10 Å². The first-order valence-electron chi connectivity index (χ1n) is 7.65. The van der Waals surface area contributed by atoms with Gasteiger partial charge < -0.3 is 0 Å². The summed E-state index contributed by atoms with van der Waals surface area (Å²) in [4.78, 5) is 12.3. The van der Waals surface area contributed by atoms with Crippen molar-refractivity contribution in [3.05, 3.63) is 77.0 Å². The maximum atomic E-state index is 12.3. The van der Waals surface area contributed by atoms with Crippen LogP contribution in [0.15, 0.2) is 59.7 Å². The van der Waals surface area contributed by atoms with Crippen LogP contribution in [0.25, 0.3) is 11.3 Å². The van der Waals surface area contributed by atoms with E-state index in [0.29, 0.717) is 5.69 Å². The Morgan fingerprint density at radius 3 is 2.50 bits per heavy atom. The molecule has 1 heterocycles. The van der Waals surface area contributed by atoms with Crippen LogP contribution in [0.4, 0.5) is 0 Å². The van der Waals surface area contributed by atoms with Crippen molar-refractivity contribution in [2.45, 2.75) is 13.8 Å². The zero-order valence-electron chi connectivity index (χ0n) is 13.6. The van der Waals surface area contributed by atoms with Gasteiger partial charge in [-0.15, -0.1) is 0 Å². The zero-order chi connectivity index (χ0) is 16.9. The van der Waals surface area contributed by atoms with Gasteiger partial charge >= 0.3 is 0 Å². The van der Waals surface area contributed by atoms with Gasteiger partial charge in [0.05, 0.1) is 11.9 Å². The van der Waals surface area contributed by atoms with E-state index in [1.807, 2.05) is 68.4 Å². The van der Waals surface area contributed by atoms with E-state index in [1.165, 1.54) is 5.56 Å². The first-order chi connectivity index (χ1) is 11.6. The fraction of sp³-hybridized carbons (Fsp3) is 0.105. The van der Waals surface area contributed by atoms with E-state index < -0.39 is 0 Å². The molecule has 0 aliphatic rings. The number of aromatic nitrogens is 2. The van der Waals surface area contributed by atoms with Crippen molar-refractivity contribution in [3.8, 4) is 11.3 Å². The monoisotopic (exact) mass is 318 g/mol.